The normalized spacial score (nSPS) is 18.7. The number of hydrogen-bond acceptors (Lipinski definition) is 14. The van der Waals surface area contributed by atoms with Gasteiger partial charge in [0.2, 0.25) is 5.69 Å². The summed E-state index contributed by atoms with van der Waals surface area (Å²) in [5.74, 6) is -0.975. The summed E-state index contributed by atoms with van der Waals surface area (Å²) < 4.78 is 110. The van der Waals surface area contributed by atoms with Crippen molar-refractivity contribution in [3.63, 3.8) is 0 Å². The third-order valence-corrected chi connectivity index (χ3v) is 14.0. The molecule has 60 heavy (non-hydrogen) atoms. The van der Waals surface area contributed by atoms with Crippen molar-refractivity contribution in [2.75, 3.05) is 29.5 Å². The molecule has 2 aromatic rings. The third kappa shape index (κ3) is 14.1. The Morgan fingerprint density at radius 3 is 2.08 bits per heavy atom. The van der Waals surface area contributed by atoms with Gasteiger partial charge in [-0.2, -0.15) is 8.91 Å². The van der Waals surface area contributed by atoms with Gasteiger partial charge in [-0.1, -0.05) is 37.6 Å². The summed E-state index contributed by atoms with van der Waals surface area (Å²) in [4.78, 5) is 2.23. The van der Waals surface area contributed by atoms with Crippen molar-refractivity contribution >= 4 is 71.1 Å². The number of fused-ring (bicyclic) bond motifs is 2. The maximum atomic E-state index is 11.9. The number of halogens is 1. The Labute approximate surface area is 429 Å². The Bertz CT molecular complexity index is 2400. The molecular formula is C38H44ClN2Na3O12S4. The standard InChI is InChI=1S/C38H47ClN2O12S4.3Na/c1-37(2)30-24-28(54-53-52-42)14-16-32(30)40(20-5-7-22-55(43,44)45)34(37)18-12-26-10-9-11-27(36(26)39)13-19-35-38(3,4)31-25-29(57(49,50)51)15-17-33(31)41(35)21-6-8-23-56(46,47)48;;;/h12-19,24-25H,5-11,20-23H2,1-4H3,(H3-,42,43,44,45,46,47,48,49,50,51);;;/q;3*+1/p-3. The van der Waals surface area contributed by atoms with Crippen LogP contribution in [0.3, 0.4) is 0 Å². The molecule has 5 rings (SSSR count). The van der Waals surface area contributed by atoms with Crippen LogP contribution < -0.4 is 98.8 Å². The van der Waals surface area contributed by atoms with E-state index in [0.29, 0.717) is 60.0 Å². The van der Waals surface area contributed by atoms with E-state index in [2.05, 4.69) is 13.9 Å². The molecule has 14 nitrogen and oxygen atoms in total. The van der Waals surface area contributed by atoms with Crippen LogP contribution in [0.15, 0.2) is 92.4 Å². The second kappa shape index (κ2) is 23.0. The number of allylic oxidation sites excluding steroid dienone is 8. The SMILES string of the molecule is CC1(C)C(/C=C/C2=C(Cl)C(=C/C=C3/N(CCCCS(=O)(=O)[O-])c4ccc(S(=O)(=O)[O-])cc4C3(C)C)/CCC2)=[N+](CCCCS(=O)(=O)[O-])c2ccc(SOO[O-])cc21.[Na+].[Na+].[Na+]. The zero-order chi connectivity index (χ0) is 42.0. The quantitative estimate of drug-likeness (QED) is 0.0289. The van der Waals surface area contributed by atoms with Gasteiger partial charge in [-0.3, -0.25) is 5.04 Å². The van der Waals surface area contributed by atoms with Crippen molar-refractivity contribution in [1.82, 2.24) is 0 Å². The Morgan fingerprint density at radius 2 is 1.47 bits per heavy atom. The van der Waals surface area contributed by atoms with Crippen LogP contribution in [0.25, 0.3) is 0 Å². The van der Waals surface area contributed by atoms with Gasteiger partial charge in [-0.05, 0) is 105 Å². The molecule has 0 bridgehead atoms. The number of rotatable bonds is 17. The molecule has 0 atom stereocenters. The molecule has 0 aromatic heterocycles. The van der Waals surface area contributed by atoms with E-state index in [-0.39, 0.29) is 106 Å². The van der Waals surface area contributed by atoms with Crippen molar-refractivity contribution in [2.24, 2.45) is 0 Å². The zero-order valence-electron chi connectivity index (χ0n) is 34.9. The minimum absolute atomic E-state index is 0. The molecule has 22 heteroatoms. The Morgan fingerprint density at radius 1 is 0.817 bits per heavy atom. The Hall–Kier alpha value is 0.120. The van der Waals surface area contributed by atoms with Crippen molar-refractivity contribution < 1.29 is 147 Å². The van der Waals surface area contributed by atoms with Gasteiger partial charge >= 0.3 is 88.7 Å². The summed E-state index contributed by atoms with van der Waals surface area (Å²) in [7, 11) is -13.5. The molecule has 0 unspecified atom stereocenters. The largest absolute Gasteiger partial charge is 1.00 e. The molecule has 0 fully saturated rings. The van der Waals surface area contributed by atoms with Crippen LogP contribution in [0, 0.1) is 0 Å². The van der Waals surface area contributed by atoms with Crippen molar-refractivity contribution in [3.8, 4) is 0 Å². The zero-order valence-corrected chi connectivity index (χ0v) is 44.9. The van der Waals surface area contributed by atoms with Crippen molar-refractivity contribution in [1.29, 1.82) is 0 Å². The molecule has 2 heterocycles. The van der Waals surface area contributed by atoms with Gasteiger partial charge in [0, 0.05) is 68.9 Å². The van der Waals surface area contributed by atoms with Gasteiger partial charge < -0.3 is 23.8 Å². The number of benzene rings is 2. The van der Waals surface area contributed by atoms with E-state index in [4.69, 9.17) is 11.6 Å². The van der Waals surface area contributed by atoms with E-state index in [1.165, 1.54) is 12.1 Å². The van der Waals surface area contributed by atoms with Crippen LogP contribution in [0.5, 0.6) is 0 Å². The number of nitrogens with zero attached hydrogens (tertiary/aromatic N) is 2. The smallest absolute Gasteiger partial charge is 0.748 e. The predicted molar refractivity (Wildman–Crippen MR) is 212 cm³/mol. The van der Waals surface area contributed by atoms with Gasteiger partial charge in [0.15, 0.2) is 5.71 Å². The van der Waals surface area contributed by atoms with Crippen LogP contribution in [-0.2, 0) is 50.6 Å². The maximum Gasteiger partial charge on any atom is 1.00 e. The van der Waals surface area contributed by atoms with E-state index < -0.39 is 52.7 Å². The summed E-state index contributed by atoms with van der Waals surface area (Å²) in [6, 6.07) is 9.76. The summed E-state index contributed by atoms with van der Waals surface area (Å²) in [5.41, 5.74) is 5.22. The van der Waals surface area contributed by atoms with E-state index >= 15 is 0 Å². The van der Waals surface area contributed by atoms with Gasteiger partial charge in [-0.25, -0.2) is 25.3 Å². The fourth-order valence-corrected chi connectivity index (χ4v) is 10.0. The molecule has 1 aliphatic carbocycles. The van der Waals surface area contributed by atoms with Gasteiger partial charge in [0.25, 0.3) is 0 Å². The fraction of sp³-hybridized carbons (Fsp3) is 0.447. The van der Waals surface area contributed by atoms with Gasteiger partial charge in [-0.15, -0.1) is 0 Å². The van der Waals surface area contributed by atoms with Crippen LogP contribution in [0.4, 0.5) is 11.4 Å². The molecular weight excluding hydrogens is 909 g/mol. The molecule has 0 amide bonds. The molecule has 0 N–H and O–H groups in total. The maximum absolute atomic E-state index is 11.9. The predicted octanol–water partition coefficient (Wildman–Crippen LogP) is -3.30. The van der Waals surface area contributed by atoms with Crippen LogP contribution >= 0.6 is 23.6 Å². The molecule has 0 radical (unpaired) electrons. The first-order valence-corrected chi connectivity index (χ1v) is 23.9. The monoisotopic (exact) mass is 952 g/mol. The summed E-state index contributed by atoms with van der Waals surface area (Å²) in [5, 5.41) is 14.6. The molecule has 2 aromatic carbocycles. The first-order chi connectivity index (χ1) is 26.5. The van der Waals surface area contributed by atoms with Crippen LogP contribution in [0.2, 0.25) is 0 Å². The molecule has 0 spiro atoms. The molecule has 2 aliphatic heterocycles. The number of unbranched alkanes of at least 4 members (excludes halogenated alkanes) is 2. The van der Waals surface area contributed by atoms with Crippen LogP contribution in [-0.4, -0.2) is 73.8 Å². The third-order valence-electron chi connectivity index (χ3n) is 10.6. The van der Waals surface area contributed by atoms with Gasteiger partial charge in [0.05, 0.1) is 42.6 Å². The molecule has 0 saturated carbocycles. The summed E-state index contributed by atoms with van der Waals surface area (Å²) in [6.07, 6.45) is 11.1. The average molecular weight is 953 g/mol. The number of anilines is 1. The molecule has 3 aliphatic rings. The molecule has 0 saturated heterocycles. The van der Waals surface area contributed by atoms with E-state index in [1.807, 2.05) is 69.0 Å². The van der Waals surface area contributed by atoms with E-state index in [9.17, 15) is 44.2 Å². The Balaban J connectivity index is 0.00000413. The average Bonchev–Trinajstić information content (AvgIpc) is 3.46. The summed E-state index contributed by atoms with van der Waals surface area (Å²) >= 11 is 7.89. The van der Waals surface area contributed by atoms with E-state index in [0.717, 1.165) is 52.3 Å². The second-order valence-electron chi connectivity index (χ2n) is 15.2. The second-order valence-corrected chi connectivity index (χ2v) is 20.8. The minimum Gasteiger partial charge on any atom is -0.748 e. The first kappa shape index (κ1) is 56.2. The van der Waals surface area contributed by atoms with Crippen molar-refractivity contribution in [2.45, 2.75) is 93.3 Å². The number of hydrogen-bond donors (Lipinski definition) is 0. The topological polar surface area (TPSA) is 219 Å². The Kier molecular flexibility index (Phi) is 21.6. The fourth-order valence-electron chi connectivity index (χ4n) is 7.72. The summed E-state index contributed by atoms with van der Waals surface area (Å²) in [6.45, 7) is 8.67. The minimum atomic E-state index is -4.74. The van der Waals surface area contributed by atoms with E-state index in [1.54, 1.807) is 12.1 Å². The van der Waals surface area contributed by atoms with Crippen LogP contribution in [0.1, 0.15) is 83.8 Å². The van der Waals surface area contributed by atoms with Gasteiger partial charge in [0.1, 0.15) is 16.7 Å². The van der Waals surface area contributed by atoms with Crippen molar-refractivity contribution in [3.05, 3.63) is 93.7 Å². The first-order valence-electron chi connectivity index (χ1n) is 18.2. The molecule has 312 valence electrons.